The van der Waals surface area contributed by atoms with E-state index < -0.39 is 12.0 Å². The number of aliphatic carboxylic acids is 1. The summed E-state index contributed by atoms with van der Waals surface area (Å²) >= 11 is 0. The number of rotatable bonds is 5. The first kappa shape index (κ1) is 14.5. The van der Waals surface area contributed by atoms with Crippen LogP contribution in [0.2, 0.25) is 0 Å². The molecule has 2 rings (SSSR count). The van der Waals surface area contributed by atoms with Gasteiger partial charge >= 0.3 is 5.97 Å². The number of benzene rings is 1. The topological polar surface area (TPSA) is 78.4 Å². The van der Waals surface area contributed by atoms with E-state index in [9.17, 15) is 14.7 Å². The molecule has 0 aromatic heterocycles. The number of nitrogens with one attached hydrogen (secondary N) is 2. The average molecular weight is 276 g/mol. The van der Waals surface area contributed by atoms with Gasteiger partial charge in [-0.2, -0.15) is 0 Å². The van der Waals surface area contributed by atoms with Crippen molar-refractivity contribution < 1.29 is 14.7 Å². The highest BCUT2D eigenvalue weighted by molar-refractivity contribution is 5.85. The van der Waals surface area contributed by atoms with Crippen LogP contribution in [0.1, 0.15) is 18.4 Å². The van der Waals surface area contributed by atoms with E-state index in [1.54, 1.807) is 0 Å². The Hall–Kier alpha value is -1.88. The molecule has 1 amide bonds. The SMILES string of the molecule is O=C(NC(Cc1ccccc1)C(=O)O)C1CCCNC1. The lowest BCUT2D eigenvalue weighted by Gasteiger charge is -2.24. The lowest BCUT2D eigenvalue weighted by Crippen LogP contribution is -2.48. The van der Waals surface area contributed by atoms with Crippen LogP contribution < -0.4 is 10.6 Å². The number of carbonyl (C=O) groups is 2. The number of hydrogen-bond acceptors (Lipinski definition) is 3. The van der Waals surface area contributed by atoms with Gasteiger partial charge < -0.3 is 15.7 Å². The number of carbonyl (C=O) groups excluding carboxylic acids is 1. The van der Waals surface area contributed by atoms with Crippen LogP contribution >= 0.6 is 0 Å². The molecular formula is C15H20N2O3. The first-order chi connectivity index (χ1) is 9.66. The first-order valence-electron chi connectivity index (χ1n) is 6.94. The number of carboxylic acids is 1. The standard InChI is InChI=1S/C15H20N2O3/c18-14(12-7-4-8-16-10-12)17-13(15(19)20)9-11-5-2-1-3-6-11/h1-3,5-6,12-13,16H,4,7-10H2,(H,17,18)(H,19,20). The monoisotopic (exact) mass is 276 g/mol. The number of amides is 1. The summed E-state index contributed by atoms with van der Waals surface area (Å²) in [4.78, 5) is 23.4. The molecule has 1 aliphatic rings. The summed E-state index contributed by atoms with van der Waals surface area (Å²) in [6, 6.07) is 8.47. The van der Waals surface area contributed by atoms with Gasteiger partial charge in [-0.15, -0.1) is 0 Å². The Morgan fingerprint density at radius 3 is 2.70 bits per heavy atom. The summed E-state index contributed by atoms with van der Waals surface area (Å²) in [5.74, 6) is -1.28. The molecule has 20 heavy (non-hydrogen) atoms. The largest absolute Gasteiger partial charge is 0.480 e. The average Bonchev–Trinajstić information content (AvgIpc) is 2.48. The summed E-state index contributed by atoms with van der Waals surface area (Å²) in [6.45, 7) is 1.56. The maximum absolute atomic E-state index is 12.1. The lowest BCUT2D eigenvalue weighted by molar-refractivity contribution is -0.142. The van der Waals surface area contributed by atoms with E-state index in [0.717, 1.165) is 24.9 Å². The second kappa shape index (κ2) is 7.05. The van der Waals surface area contributed by atoms with Crippen LogP contribution in [-0.2, 0) is 16.0 Å². The van der Waals surface area contributed by atoms with Gasteiger partial charge in [0.1, 0.15) is 6.04 Å². The predicted octanol–water partition coefficient (Wildman–Crippen LogP) is 0.798. The normalized spacial score (nSPS) is 20.1. The Balaban J connectivity index is 1.95. The zero-order valence-corrected chi connectivity index (χ0v) is 11.3. The van der Waals surface area contributed by atoms with Crippen molar-refractivity contribution in [2.24, 2.45) is 5.92 Å². The smallest absolute Gasteiger partial charge is 0.326 e. The summed E-state index contributed by atoms with van der Waals surface area (Å²) in [6.07, 6.45) is 2.08. The van der Waals surface area contributed by atoms with E-state index in [2.05, 4.69) is 10.6 Å². The highest BCUT2D eigenvalue weighted by Crippen LogP contribution is 2.11. The lowest BCUT2D eigenvalue weighted by atomic mass is 9.97. The molecule has 1 saturated heterocycles. The van der Waals surface area contributed by atoms with Crippen LogP contribution in [0.3, 0.4) is 0 Å². The van der Waals surface area contributed by atoms with Crippen molar-refractivity contribution in [3.63, 3.8) is 0 Å². The molecular weight excluding hydrogens is 256 g/mol. The van der Waals surface area contributed by atoms with Crippen molar-refractivity contribution in [3.05, 3.63) is 35.9 Å². The minimum Gasteiger partial charge on any atom is -0.480 e. The molecule has 5 nitrogen and oxygen atoms in total. The molecule has 0 radical (unpaired) electrons. The molecule has 1 aromatic carbocycles. The van der Waals surface area contributed by atoms with Crippen molar-refractivity contribution >= 4 is 11.9 Å². The molecule has 108 valence electrons. The molecule has 1 aliphatic heterocycles. The van der Waals surface area contributed by atoms with Crippen LogP contribution in [0, 0.1) is 5.92 Å². The number of piperidine rings is 1. The fraction of sp³-hybridized carbons (Fsp3) is 0.467. The van der Waals surface area contributed by atoms with Crippen LogP contribution in [0.4, 0.5) is 0 Å². The molecule has 0 saturated carbocycles. The minimum atomic E-state index is -0.994. The number of carboxylic acid groups (broad SMARTS) is 1. The van der Waals surface area contributed by atoms with Gasteiger partial charge in [0.2, 0.25) is 5.91 Å². The second-order valence-corrected chi connectivity index (χ2v) is 5.13. The first-order valence-corrected chi connectivity index (χ1v) is 6.94. The molecule has 5 heteroatoms. The van der Waals surface area contributed by atoms with Gasteiger partial charge in [0.15, 0.2) is 0 Å². The fourth-order valence-corrected chi connectivity index (χ4v) is 2.42. The highest BCUT2D eigenvalue weighted by atomic mass is 16.4. The van der Waals surface area contributed by atoms with Gasteiger partial charge in [-0.3, -0.25) is 4.79 Å². The number of hydrogen-bond donors (Lipinski definition) is 3. The molecule has 1 fully saturated rings. The van der Waals surface area contributed by atoms with Crippen LogP contribution in [0.5, 0.6) is 0 Å². The zero-order valence-electron chi connectivity index (χ0n) is 11.3. The second-order valence-electron chi connectivity index (χ2n) is 5.13. The molecule has 1 aromatic rings. The quantitative estimate of drug-likeness (QED) is 0.743. The fourth-order valence-electron chi connectivity index (χ4n) is 2.42. The van der Waals surface area contributed by atoms with Gasteiger partial charge in [-0.25, -0.2) is 4.79 Å². The van der Waals surface area contributed by atoms with E-state index in [0.29, 0.717) is 13.0 Å². The minimum absolute atomic E-state index is 0.124. The van der Waals surface area contributed by atoms with Crippen molar-refractivity contribution in [1.82, 2.24) is 10.6 Å². The molecule has 2 atom stereocenters. The third-order valence-corrected chi connectivity index (χ3v) is 3.56. The Morgan fingerprint density at radius 1 is 1.35 bits per heavy atom. The maximum atomic E-state index is 12.1. The summed E-state index contributed by atoms with van der Waals surface area (Å²) < 4.78 is 0. The molecule has 2 unspecified atom stereocenters. The summed E-state index contributed by atoms with van der Waals surface area (Å²) in [5.41, 5.74) is 0.905. The van der Waals surface area contributed by atoms with E-state index in [-0.39, 0.29) is 11.8 Å². The van der Waals surface area contributed by atoms with E-state index >= 15 is 0 Å². The van der Waals surface area contributed by atoms with Gasteiger partial charge in [0, 0.05) is 13.0 Å². The van der Waals surface area contributed by atoms with Crippen molar-refractivity contribution in [3.8, 4) is 0 Å². The van der Waals surface area contributed by atoms with Crippen molar-refractivity contribution in [2.45, 2.75) is 25.3 Å². The van der Waals surface area contributed by atoms with Crippen molar-refractivity contribution in [2.75, 3.05) is 13.1 Å². The Bertz CT molecular complexity index is 455. The third-order valence-electron chi connectivity index (χ3n) is 3.56. The highest BCUT2D eigenvalue weighted by Gasteiger charge is 2.26. The Labute approximate surface area is 118 Å². The zero-order chi connectivity index (χ0) is 14.4. The van der Waals surface area contributed by atoms with Crippen LogP contribution in [-0.4, -0.2) is 36.1 Å². The summed E-state index contributed by atoms with van der Waals surface area (Å²) in [7, 11) is 0. The van der Waals surface area contributed by atoms with Gasteiger partial charge in [0.05, 0.1) is 5.92 Å². The van der Waals surface area contributed by atoms with E-state index in [4.69, 9.17) is 0 Å². The van der Waals surface area contributed by atoms with Gasteiger partial charge in [-0.1, -0.05) is 30.3 Å². The maximum Gasteiger partial charge on any atom is 0.326 e. The molecule has 0 spiro atoms. The van der Waals surface area contributed by atoms with E-state index in [1.807, 2.05) is 30.3 Å². The van der Waals surface area contributed by atoms with E-state index in [1.165, 1.54) is 0 Å². The summed E-state index contributed by atoms with van der Waals surface area (Å²) in [5, 5.41) is 15.1. The molecule has 3 N–H and O–H groups in total. The Morgan fingerprint density at radius 2 is 2.10 bits per heavy atom. The van der Waals surface area contributed by atoms with Gasteiger partial charge in [0.25, 0.3) is 0 Å². The van der Waals surface area contributed by atoms with Crippen molar-refractivity contribution in [1.29, 1.82) is 0 Å². The molecule has 0 aliphatic carbocycles. The third kappa shape index (κ3) is 4.06. The van der Waals surface area contributed by atoms with Crippen LogP contribution in [0.15, 0.2) is 30.3 Å². The van der Waals surface area contributed by atoms with Gasteiger partial charge in [-0.05, 0) is 24.9 Å². The molecule has 1 heterocycles. The van der Waals surface area contributed by atoms with Crippen LogP contribution in [0.25, 0.3) is 0 Å². The molecule has 0 bridgehead atoms. The predicted molar refractivity (Wildman–Crippen MR) is 75.3 cm³/mol. The Kier molecular flexibility index (Phi) is 5.12.